The Hall–Kier alpha value is -3.61. The second-order valence-electron chi connectivity index (χ2n) is 7.81. The number of hydrogen-bond acceptors (Lipinski definition) is 4. The Balaban J connectivity index is 1.64. The number of benzene rings is 1. The highest BCUT2D eigenvalue weighted by atomic mass is 16.2. The molecule has 30 heavy (non-hydrogen) atoms. The molecule has 5 rings (SSSR count). The van der Waals surface area contributed by atoms with Gasteiger partial charge in [-0.3, -0.25) is 9.59 Å². The van der Waals surface area contributed by atoms with Crippen molar-refractivity contribution in [3.05, 3.63) is 71.7 Å². The molecule has 0 saturated carbocycles. The van der Waals surface area contributed by atoms with Gasteiger partial charge in [0.25, 0.3) is 5.91 Å². The van der Waals surface area contributed by atoms with E-state index in [4.69, 9.17) is 5.73 Å². The molecule has 2 aliphatic heterocycles. The molecule has 2 amide bonds. The van der Waals surface area contributed by atoms with Crippen LogP contribution in [0.15, 0.2) is 54.9 Å². The van der Waals surface area contributed by atoms with Gasteiger partial charge in [0.1, 0.15) is 5.82 Å². The summed E-state index contributed by atoms with van der Waals surface area (Å²) in [5, 5.41) is 3.00. The van der Waals surface area contributed by atoms with E-state index in [1.165, 1.54) is 0 Å². The lowest BCUT2D eigenvalue weighted by Gasteiger charge is -2.30. The fourth-order valence-electron chi connectivity index (χ4n) is 4.56. The third kappa shape index (κ3) is 3.12. The smallest absolute Gasteiger partial charge is 0.250 e. The van der Waals surface area contributed by atoms with Gasteiger partial charge in [0, 0.05) is 49.2 Å². The molecule has 7 heteroatoms. The second-order valence-corrected chi connectivity index (χ2v) is 7.81. The molecule has 152 valence electrons. The van der Waals surface area contributed by atoms with Crippen molar-refractivity contribution in [3.63, 3.8) is 0 Å². The summed E-state index contributed by atoms with van der Waals surface area (Å²) in [5.41, 5.74) is 9.68. The molecule has 0 aliphatic carbocycles. The first kappa shape index (κ1) is 18.4. The highest BCUT2D eigenvalue weighted by Crippen LogP contribution is 2.41. The summed E-state index contributed by atoms with van der Waals surface area (Å²) >= 11 is 0. The van der Waals surface area contributed by atoms with Crippen LogP contribution in [0.5, 0.6) is 0 Å². The van der Waals surface area contributed by atoms with Crippen LogP contribution in [0.25, 0.3) is 5.82 Å². The van der Waals surface area contributed by atoms with Crippen molar-refractivity contribution in [2.75, 3.05) is 23.3 Å². The van der Waals surface area contributed by atoms with E-state index in [1.54, 1.807) is 6.20 Å². The normalized spacial score (nSPS) is 18.2. The van der Waals surface area contributed by atoms with Crippen LogP contribution < -0.4 is 16.0 Å². The summed E-state index contributed by atoms with van der Waals surface area (Å²) in [6.45, 7) is 1.78. The lowest BCUT2D eigenvalue weighted by Crippen LogP contribution is -2.28. The third-order valence-electron chi connectivity index (χ3n) is 5.95. The summed E-state index contributed by atoms with van der Waals surface area (Å²) < 4.78 is 1.99. The molecule has 1 aromatic carbocycles. The van der Waals surface area contributed by atoms with Crippen LogP contribution in [0.1, 0.15) is 46.8 Å². The Morgan fingerprint density at radius 2 is 1.97 bits per heavy atom. The van der Waals surface area contributed by atoms with Crippen LogP contribution in [-0.2, 0) is 4.79 Å². The van der Waals surface area contributed by atoms with Crippen LogP contribution >= 0.6 is 0 Å². The third-order valence-corrected chi connectivity index (χ3v) is 5.95. The lowest BCUT2D eigenvalue weighted by molar-refractivity contribution is -0.116. The number of fused-ring (bicyclic) bond motifs is 1. The van der Waals surface area contributed by atoms with Crippen molar-refractivity contribution in [1.29, 1.82) is 0 Å². The van der Waals surface area contributed by atoms with Crippen molar-refractivity contribution < 1.29 is 9.59 Å². The number of carbonyl (C=O) groups excluding carboxylic acids is 2. The maximum atomic E-state index is 12.6. The maximum absolute atomic E-state index is 12.6. The van der Waals surface area contributed by atoms with E-state index in [9.17, 15) is 9.59 Å². The van der Waals surface area contributed by atoms with Gasteiger partial charge < -0.3 is 20.5 Å². The monoisotopic (exact) mass is 401 g/mol. The fourth-order valence-corrected chi connectivity index (χ4v) is 4.56. The number of carbonyl (C=O) groups is 2. The lowest BCUT2D eigenvalue weighted by atomic mass is 9.86. The number of rotatable bonds is 4. The first-order chi connectivity index (χ1) is 14.6. The minimum atomic E-state index is -0.449. The summed E-state index contributed by atoms with van der Waals surface area (Å²) in [6.07, 6.45) is 6.15. The Bertz CT molecular complexity index is 1120. The molecule has 4 heterocycles. The topological polar surface area (TPSA) is 93.3 Å². The summed E-state index contributed by atoms with van der Waals surface area (Å²) in [5.74, 6) is 0.0984. The Morgan fingerprint density at radius 1 is 1.13 bits per heavy atom. The fraction of sp³-hybridized carbons (Fsp3) is 0.261. The molecular weight excluding hydrogens is 378 g/mol. The molecule has 0 radical (unpaired) electrons. The van der Waals surface area contributed by atoms with Crippen LogP contribution in [0, 0.1) is 0 Å². The number of amides is 2. The van der Waals surface area contributed by atoms with Gasteiger partial charge in [-0.1, -0.05) is 6.07 Å². The number of nitrogens with zero attached hydrogens (tertiary/aromatic N) is 3. The van der Waals surface area contributed by atoms with E-state index in [0.29, 0.717) is 12.0 Å². The van der Waals surface area contributed by atoms with E-state index < -0.39 is 5.91 Å². The molecular formula is C23H23N5O2. The molecule has 0 bridgehead atoms. The second kappa shape index (κ2) is 7.33. The zero-order valence-corrected chi connectivity index (χ0v) is 16.5. The average molecular weight is 401 g/mol. The minimum absolute atomic E-state index is 0.0412. The molecule has 1 saturated heterocycles. The van der Waals surface area contributed by atoms with Gasteiger partial charge >= 0.3 is 0 Å². The van der Waals surface area contributed by atoms with E-state index in [2.05, 4.69) is 15.2 Å². The summed E-state index contributed by atoms with van der Waals surface area (Å²) in [6, 6.07) is 13.5. The number of nitrogens with two attached hydrogens (primary N) is 1. The predicted octanol–water partition coefficient (Wildman–Crippen LogP) is 3.05. The van der Waals surface area contributed by atoms with Crippen LogP contribution in [0.3, 0.4) is 0 Å². The molecule has 7 nitrogen and oxygen atoms in total. The maximum Gasteiger partial charge on any atom is 0.250 e. The number of aromatic nitrogens is 2. The molecule has 2 aliphatic rings. The van der Waals surface area contributed by atoms with Crippen molar-refractivity contribution in [2.24, 2.45) is 5.73 Å². The van der Waals surface area contributed by atoms with E-state index in [-0.39, 0.29) is 11.8 Å². The highest BCUT2D eigenvalue weighted by Gasteiger charge is 2.31. The number of pyridine rings is 1. The van der Waals surface area contributed by atoms with Gasteiger partial charge in [-0.05, 0) is 54.8 Å². The van der Waals surface area contributed by atoms with Gasteiger partial charge in [0.05, 0.1) is 11.3 Å². The molecule has 2 aromatic heterocycles. The first-order valence-corrected chi connectivity index (χ1v) is 10.2. The molecule has 0 spiro atoms. The van der Waals surface area contributed by atoms with Gasteiger partial charge in [0.15, 0.2) is 0 Å². The van der Waals surface area contributed by atoms with E-state index in [1.807, 2.05) is 53.2 Å². The summed E-state index contributed by atoms with van der Waals surface area (Å²) in [4.78, 5) is 31.5. The zero-order valence-electron chi connectivity index (χ0n) is 16.5. The standard InChI is InChI=1S/C23H23N5O2/c24-23(30)17-12-15-16(19-6-5-11-28(19)21-7-1-2-8-25-21)13-22(29)26-18(15)14-20(17)27-9-3-4-10-27/h1-2,5-8,11-12,14,16H,3-4,9-10,13H2,(H2,24,30)(H,26,29). The average Bonchev–Trinajstić information content (AvgIpc) is 3.45. The van der Waals surface area contributed by atoms with Crippen LogP contribution in [-0.4, -0.2) is 34.5 Å². The van der Waals surface area contributed by atoms with Gasteiger partial charge in [-0.15, -0.1) is 0 Å². The quantitative estimate of drug-likeness (QED) is 0.703. The predicted molar refractivity (Wildman–Crippen MR) is 115 cm³/mol. The van der Waals surface area contributed by atoms with Crippen molar-refractivity contribution >= 4 is 23.2 Å². The Morgan fingerprint density at radius 3 is 2.70 bits per heavy atom. The van der Waals surface area contributed by atoms with Crippen LogP contribution in [0.4, 0.5) is 11.4 Å². The Labute approximate surface area is 174 Å². The van der Waals surface area contributed by atoms with E-state index >= 15 is 0 Å². The molecule has 3 N–H and O–H groups in total. The molecule has 1 atom stereocenters. The number of anilines is 2. The number of hydrogen-bond donors (Lipinski definition) is 2. The molecule has 1 unspecified atom stereocenters. The zero-order chi connectivity index (χ0) is 20.7. The molecule has 1 fully saturated rings. The van der Waals surface area contributed by atoms with E-state index in [0.717, 1.165) is 54.4 Å². The van der Waals surface area contributed by atoms with Crippen molar-refractivity contribution in [1.82, 2.24) is 9.55 Å². The SMILES string of the molecule is NC(=O)c1cc2c(cc1N1CCCC1)NC(=O)CC2c1cccn1-c1ccccn1. The van der Waals surface area contributed by atoms with Gasteiger partial charge in [0.2, 0.25) is 5.91 Å². The van der Waals surface area contributed by atoms with Gasteiger partial charge in [-0.25, -0.2) is 4.98 Å². The van der Waals surface area contributed by atoms with Gasteiger partial charge in [-0.2, -0.15) is 0 Å². The van der Waals surface area contributed by atoms with Crippen LogP contribution in [0.2, 0.25) is 0 Å². The number of primary amides is 1. The van der Waals surface area contributed by atoms with Crippen molar-refractivity contribution in [2.45, 2.75) is 25.2 Å². The molecule has 3 aromatic rings. The minimum Gasteiger partial charge on any atom is -0.371 e. The summed E-state index contributed by atoms with van der Waals surface area (Å²) in [7, 11) is 0. The van der Waals surface area contributed by atoms with Crippen molar-refractivity contribution in [3.8, 4) is 5.82 Å². The first-order valence-electron chi connectivity index (χ1n) is 10.2. The number of nitrogens with one attached hydrogen (secondary N) is 1. The largest absolute Gasteiger partial charge is 0.371 e. The highest BCUT2D eigenvalue weighted by molar-refractivity contribution is 6.03. The Kier molecular flexibility index (Phi) is 4.50.